The summed E-state index contributed by atoms with van der Waals surface area (Å²) in [6, 6.07) is 4.39. The average molecular weight is 305 g/mol. The van der Waals surface area contributed by atoms with E-state index in [2.05, 4.69) is 21.2 Å². The van der Waals surface area contributed by atoms with Crippen molar-refractivity contribution in [1.82, 2.24) is 5.32 Å². The van der Waals surface area contributed by atoms with Crippen molar-refractivity contribution < 1.29 is 5.11 Å². The predicted octanol–water partition coefficient (Wildman–Crippen LogP) is 3.06. The smallest absolute Gasteiger partial charge is 0.0443 e. The Hall–Kier alpha value is -0.0900. The van der Waals surface area contributed by atoms with E-state index in [0.29, 0.717) is 6.04 Å². The Labute approximate surface area is 109 Å². The van der Waals surface area contributed by atoms with Crippen LogP contribution in [0.2, 0.25) is 5.02 Å². The molecule has 4 heteroatoms. The normalized spacial score (nSPS) is 18.8. The van der Waals surface area contributed by atoms with E-state index in [0.717, 1.165) is 35.3 Å². The Balaban J connectivity index is 2.12. The summed E-state index contributed by atoms with van der Waals surface area (Å²) >= 11 is 9.61. The van der Waals surface area contributed by atoms with Gasteiger partial charge in [-0.05, 0) is 49.1 Å². The maximum Gasteiger partial charge on any atom is 0.0443 e. The molecule has 0 fully saturated rings. The van der Waals surface area contributed by atoms with Gasteiger partial charge >= 0.3 is 0 Å². The predicted molar refractivity (Wildman–Crippen MR) is 69.9 cm³/mol. The van der Waals surface area contributed by atoms with Crippen LogP contribution < -0.4 is 5.32 Å². The van der Waals surface area contributed by atoms with Crippen LogP contribution in [0.1, 0.15) is 30.0 Å². The van der Waals surface area contributed by atoms with Crippen LogP contribution >= 0.6 is 27.5 Å². The summed E-state index contributed by atoms with van der Waals surface area (Å²) in [5, 5.41) is 13.0. The van der Waals surface area contributed by atoms with Crippen molar-refractivity contribution in [3.63, 3.8) is 0 Å². The van der Waals surface area contributed by atoms with E-state index in [4.69, 9.17) is 16.7 Å². The van der Waals surface area contributed by atoms with Crippen LogP contribution in [0.15, 0.2) is 16.6 Å². The fourth-order valence-corrected chi connectivity index (χ4v) is 3.24. The highest BCUT2D eigenvalue weighted by Crippen LogP contribution is 2.37. The molecule has 1 aliphatic carbocycles. The highest BCUT2D eigenvalue weighted by molar-refractivity contribution is 9.10. The van der Waals surface area contributed by atoms with Gasteiger partial charge in [0.2, 0.25) is 0 Å². The first-order valence-electron chi connectivity index (χ1n) is 5.54. The van der Waals surface area contributed by atoms with Gasteiger partial charge in [0.1, 0.15) is 0 Å². The monoisotopic (exact) mass is 303 g/mol. The zero-order chi connectivity index (χ0) is 11.5. The number of fused-ring (bicyclic) bond motifs is 1. The fourth-order valence-electron chi connectivity index (χ4n) is 2.21. The van der Waals surface area contributed by atoms with E-state index in [-0.39, 0.29) is 6.61 Å². The van der Waals surface area contributed by atoms with Crippen LogP contribution in [-0.4, -0.2) is 18.3 Å². The third-order valence-corrected chi connectivity index (χ3v) is 3.90. The number of aliphatic hydroxyl groups is 1. The molecule has 0 spiro atoms. The number of nitrogens with one attached hydrogen (secondary N) is 1. The van der Waals surface area contributed by atoms with Gasteiger partial charge in [-0.1, -0.05) is 27.5 Å². The second kappa shape index (κ2) is 5.50. The summed E-state index contributed by atoms with van der Waals surface area (Å²) in [7, 11) is 0. The number of benzene rings is 1. The zero-order valence-electron chi connectivity index (χ0n) is 8.97. The lowest BCUT2D eigenvalue weighted by atomic mass is 10.1. The summed E-state index contributed by atoms with van der Waals surface area (Å²) in [4.78, 5) is 0. The number of aliphatic hydroxyl groups excluding tert-OH is 1. The lowest BCUT2D eigenvalue weighted by Crippen LogP contribution is -2.21. The van der Waals surface area contributed by atoms with Crippen LogP contribution in [0.5, 0.6) is 0 Å². The number of hydrogen-bond donors (Lipinski definition) is 2. The Bertz CT molecular complexity index is 384. The second-order valence-corrected chi connectivity index (χ2v) is 5.37. The molecule has 0 amide bonds. The second-order valence-electron chi connectivity index (χ2n) is 4.08. The van der Waals surface area contributed by atoms with Crippen molar-refractivity contribution in [3.05, 3.63) is 32.8 Å². The van der Waals surface area contributed by atoms with Gasteiger partial charge in [-0.15, -0.1) is 0 Å². The van der Waals surface area contributed by atoms with E-state index in [9.17, 15) is 0 Å². The molecule has 0 aromatic heterocycles. The SMILES string of the molecule is OCCCNC1CCc2c(Br)cc(Cl)cc21. The molecular formula is C12H15BrClNO. The van der Waals surface area contributed by atoms with Gasteiger partial charge in [0.15, 0.2) is 0 Å². The van der Waals surface area contributed by atoms with E-state index in [1.807, 2.05) is 12.1 Å². The zero-order valence-corrected chi connectivity index (χ0v) is 11.3. The molecule has 1 unspecified atom stereocenters. The summed E-state index contributed by atoms with van der Waals surface area (Å²) in [6.07, 6.45) is 3.00. The van der Waals surface area contributed by atoms with Crippen LogP contribution in [-0.2, 0) is 6.42 Å². The van der Waals surface area contributed by atoms with E-state index in [1.165, 1.54) is 11.1 Å². The Kier molecular flexibility index (Phi) is 4.25. The number of halogens is 2. The first-order valence-corrected chi connectivity index (χ1v) is 6.71. The third-order valence-electron chi connectivity index (χ3n) is 2.98. The first kappa shape index (κ1) is 12.4. The fraction of sp³-hybridized carbons (Fsp3) is 0.500. The van der Waals surface area contributed by atoms with Gasteiger partial charge in [-0.3, -0.25) is 0 Å². The molecule has 1 aromatic carbocycles. The quantitative estimate of drug-likeness (QED) is 0.838. The number of rotatable bonds is 4. The van der Waals surface area contributed by atoms with Gasteiger partial charge in [0.25, 0.3) is 0 Å². The lowest BCUT2D eigenvalue weighted by Gasteiger charge is -2.14. The molecule has 2 rings (SSSR count). The summed E-state index contributed by atoms with van der Waals surface area (Å²) in [5.41, 5.74) is 2.67. The van der Waals surface area contributed by atoms with Gasteiger partial charge < -0.3 is 10.4 Å². The van der Waals surface area contributed by atoms with E-state index >= 15 is 0 Å². The van der Waals surface area contributed by atoms with Crippen LogP contribution in [0, 0.1) is 0 Å². The van der Waals surface area contributed by atoms with Crippen molar-refractivity contribution in [3.8, 4) is 0 Å². The Morgan fingerprint density at radius 2 is 2.31 bits per heavy atom. The molecule has 1 atom stereocenters. The maximum absolute atomic E-state index is 8.76. The molecule has 16 heavy (non-hydrogen) atoms. The van der Waals surface area contributed by atoms with Gasteiger partial charge in [0, 0.05) is 22.1 Å². The molecule has 1 aromatic rings. The minimum Gasteiger partial charge on any atom is -0.396 e. The summed E-state index contributed by atoms with van der Waals surface area (Å²) in [6.45, 7) is 1.09. The van der Waals surface area contributed by atoms with Gasteiger partial charge in [-0.2, -0.15) is 0 Å². The largest absolute Gasteiger partial charge is 0.396 e. The molecule has 0 bridgehead atoms. The molecule has 0 saturated carbocycles. The summed E-state index contributed by atoms with van der Waals surface area (Å²) in [5.74, 6) is 0. The van der Waals surface area contributed by atoms with Crippen molar-refractivity contribution in [1.29, 1.82) is 0 Å². The Morgan fingerprint density at radius 3 is 3.06 bits per heavy atom. The molecule has 88 valence electrons. The molecule has 2 nitrogen and oxygen atoms in total. The molecule has 0 aliphatic heterocycles. The highest BCUT2D eigenvalue weighted by atomic mass is 79.9. The maximum atomic E-state index is 8.76. The minimum absolute atomic E-state index is 0.242. The van der Waals surface area contributed by atoms with Crippen molar-refractivity contribution in [2.24, 2.45) is 0 Å². The van der Waals surface area contributed by atoms with Crippen LogP contribution in [0.3, 0.4) is 0 Å². The average Bonchev–Trinajstić information content (AvgIpc) is 2.62. The van der Waals surface area contributed by atoms with E-state index < -0.39 is 0 Å². The van der Waals surface area contributed by atoms with Crippen LogP contribution in [0.25, 0.3) is 0 Å². The number of hydrogen-bond acceptors (Lipinski definition) is 2. The molecule has 0 saturated heterocycles. The van der Waals surface area contributed by atoms with Crippen molar-refractivity contribution in [2.45, 2.75) is 25.3 Å². The van der Waals surface area contributed by atoms with Gasteiger partial charge in [-0.25, -0.2) is 0 Å². The standard InChI is InChI=1S/C12H15BrClNO/c13-11-7-8(14)6-10-9(11)2-3-12(10)15-4-1-5-16/h6-7,12,15-16H,1-5H2. The highest BCUT2D eigenvalue weighted by Gasteiger charge is 2.24. The minimum atomic E-state index is 0.242. The molecule has 2 N–H and O–H groups in total. The molecule has 0 radical (unpaired) electrons. The first-order chi connectivity index (χ1) is 7.72. The van der Waals surface area contributed by atoms with Crippen LogP contribution in [0.4, 0.5) is 0 Å². The topological polar surface area (TPSA) is 32.3 Å². The lowest BCUT2D eigenvalue weighted by molar-refractivity contribution is 0.283. The summed E-state index contributed by atoms with van der Waals surface area (Å²) < 4.78 is 1.11. The van der Waals surface area contributed by atoms with Gasteiger partial charge in [0.05, 0.1) is 0 Å². The molecule has 0 heterocycles. The molecular weight excluding hydrogens is 289 g/mol. The Morgan fingerprint density at radius 1 is 1.50 bits per heavy atom. The molecule has 1 aliphatic rings. The third kappa shape index (κ3) is 2.59. The van der Waals surface area contributed by atoms with E-state index in [1.54, 1.807) is 0 Å². The van der Waals surface area contributed by atoms with Crippen molar-refractivity contribution >= 4 is 27.5 Å². The van der Waals surface area contributed by atoms with Crippen molar-refractivity contribution in [2.75, 3.05) is 13.2 Å².